The number of carbonyl (C=O) groups excluding carboxylic acids is 1. The number of nitrogens with two attached hydrogens (primary N) is 2. The summed E-state index contributed by atoms with van der Waals surface area (Å²) in [4.78, 5) is 11.4. The summed E-state index contributed by atoms with van der Waals surface area (Å²) in [5.74, 6) is 0.761. The van der Waals surface area contributed by atoms with Gasteiger partial charge in [-0.25, -0.2) is 0 Å². The standard InChI is InChI=1S/C13H19N3OS/c1-13(5-2-6-18-13)8-16-11-4-3-9(14)7-10(11)12(15)17/h3-4,7,16H,2,5-6,8,14H2,1H3,(H2,15,17). The van der Waals surface area contributed by atoms with Gasteiger partial charge in [0.2, 0.25) is 0 Å². The van der Waals surface area contributed by atoms with E-state index in [2.05, 4.69) is 12.2 Å². The molecular weight excluding hydrogens is 246 g/mol. The molecule has 1 aromatic rings. The molecule has 1 atom stereocenters. The fraction of sp³-hybridized carbons (Fsp3) is 0.462. The van der Waals surface area contributed by atoms with Gasteiger partial charge in [-0.3, -0.25) is 4.79 Å². The lowest BCUT2D eigenvalue weighted by Gasteiger charge is -2.24. The number of anilines is 2. The normalized spacial score (nSPS) is 22.9. The van der Waals surface area contributed by atoms with Gasteiger partial charge in [-0.05, 0) is 43.7 Å². The molecule has 1 fully saturated rings. The smallest absolute Gasteiger partial charge is 0.250 e. The summed E-state index contributed by atoms with van der Waals surface area (Å²) in [5.41, 5.74) is 12.8. The average molecular weight is 265 g/mol. The lowest BCUT2D eigenvalue weighted by atomic mass is 10.0. The second-order valence-corrected chi connectivity index (χ2v) is 6.61. The minimum Gasteiger partial charge on any atom is -0.399 e. The molecule has 4 nitrogen and oxygen atoms in total. The second kappa shape index (κ2) is 5.10. The molecule has 5 heteroatoms. The molecule has 0 spiro atoms. The van der Waals surface area contributed by atoms with Crippen LogP contribution in [0.5, 0.6) is 0 Å². The molecule has 0 saturated carbocycles. The van der Waals surface area contributed by atoms with Crippen LogP contribution >= 0.6 is 11.8 Å². The van der Waals surface area contributed by atoms with Crippen LogP contribution in [0.25, 0.3) is 0 Å². The van der Waals surface area contributed by atoms with Crippen LogP contribution in [-0.2, 0) is 0 Å². The second-order valence-electron chi connectivity index (χ2n) is 4.92. The summed E-state index contributed by atoms with van der Waals surface area (Å²) in [6, 6.07) is 5.21. The third-order valence-corrected chi connectivity index (χ3v) is 4.80. The van der Waals surface area contributed by atoms with Crippen LogP contribution in [0.15, 0.2) is 18.2 Å². The number of benzene rings is 1. The topological polar surface area (TPSA) is 81.1 Å². The maximum atomic E-state index is 11.4. The van der Waals surface area contributed by atoms with Gasteiger partial charge in [0.25, 0.3) is 5.91 Å². The molecule has 1 unspecified atom stereocenters. The number of hydrogen-bond donors (Lipinski definition) is 3. The Bertz CT molecular complexity index is 456. The van der Waals surface area contributed by atoms with Crippen molar-refractivity contribution in [1.82, 2.24) is 0 Å². The number of nitrogen functional groups attached to an aromatic ring is 1. The van der Waals surface area contributed by atoms with Crippen molar-refractivity contribution in [3.05, 3.63) is 23.8 Å². The Balaban J connectivity index is 2.11. The van der Waals surface area contributed by atoms with E-state index in [4.69, 9.17) is 11.5 Å². The maximum absolute atomic E-state index is 11.4. The van der Waals surface area contributed by atoms with Gasteiger partial charge in [-0.2, -0.15) is 11.8 Å². The molecule has 0 radical (unpaired) electrons. The summed E-state index contributed by atoms with van der Waals surface area (Å²) in [6.07, 6.45) is 2.46. The van der Waals surface area contributed by atoms with Crippen molar-refractivity contribution in [2.45, 2.75) is 24.5 Å². The fourth-order valence-corrected chi connectivity index (χ4v) is 3.42. The van der Waals surface area contributed by atoms with Crippen molar-refractivity contribution < 1.29 is 4.79 Å². The Hall–Kier alpha value is -1.36. The summed E-state index contributed by atoms with van der Waals surface area (Å²) < 4.78 is 0.246. The average Bonchev–Trinajstić information content (AvgIpc) is 2.75. The zero-order valence-electron chi connectivity index (χ0n) is 10.5. The van der Waals surface area contributed by atoms with E-state index in [0.717, 1.165) is 12.2 Å². The van der Waals surface area contributed by atoms with Gasteiger partial charge in [0.15, 0.2) is 0 Å². The highest BCUT2D eigenvalue weighted by Gasteiger charge is 2.29. The molecule has 1 heterocycles. The van der Waals surface area contributed by atoms with Gasteiger partial charge < -0.3 is 16.8 Å². The molecule has 0 bridgehead atoms. The van der Waals surface area contributed by atoms with E-state index in [1.54, 1.807) is 12.1 Å². The number of rotatable bonds is 4. The van der Waals surface area contributed by atoms with Gasteiger partial charge in [0.1, 0.15) is 0 Å². The van der Waals surface area contributed by atoms with E-state index in [1.807, 2.05) is 17.8 Å². The predicted octanol–water partition coefficient (Wildman–Crippen LogP) is 2.07. The van der Waals surface area contributed by atoms with Crippen LogP contribution in [0.2, 0.25) is 0 Å². The molecule has 98 valence electrons. The highest BCUT2D eigenvalue weighted by Crippen LogP contribution is 2.37. The first kappa shape index (κ1) is 13.1. The van der Waals surface area contributed by atoms with Crippen LogP contribution in [0.4, 0.5) is 11.4 Å². The summed E-state index contributed by atoms with van der Waals surface area (Å²) in [5, 5.41) is 3.33. The molecule has 18 heavy (non-hydrogen) atoms. The summed E-state index contributed by atoms with van der Waals surface area (Å²) in [7, 11) is 0. The van der Waals surface area contributed by atoms with Gasteiger partial charge in [-0.1, -0.05) is 0 Å². The first-order chi connectivity index (χ1) is 8.50. The molecule has 0 aliphatic carbocycles. The largest absolute Gasteiger partial charge is 0.399 e. The lowest BCUT2D eigenvalue weighted by Crippen LogP contribution is -2.28. The van der Waals surface area contributed by atoms with Crippen molar-refractivity contribution >= 4 is 29.0 Å². The van der Waals surface area contributed by atoms with Crippen molar-refractivity contribution in [3.63, 3.8) is 0 Å². The monoisotopic (exact) mass is 265 g/mol. The van der Waals surface area contributed by atoms with E-state index in [9.17, 15) is 4.79 Å². The van der Waals surface area contributed by atoms with E-state index in [1.165, 1.54) is 18.6 Å². The van der Waals surface area contributed by atoms with Crippen LogP contribution < -0.4 is 16.8 Å². The van der Waals surface area contributed by atoms with E-state index in [-0.39, 0.29) is 4.75 Å². The number of primary amides is 1. The van der Waals surface area contributed by atoms with Gasteiger partial charge in [0, 0.05) is 22.7 Å². The highest BCUT2D eigenvalue weighted by atomic mass is 32.2. The Morgan fingerprint density at radius 2 is 2.33 bits per heavy atom. The van der Waals surface area contributed by atoms with Crippen molar-refractivity contribution in [1.29, 1.82) is 0 Å². The maximum Gasteiger partial charge on any atom is 0.250 e. The molecule has 1 saturated heterocycles. The minimum absolute atomic E-state index is 0.246. The third-order valence-electron chi connectivity index (χ3n) is 3.26. The number of carbonyl (C=O) groups is 1. The number of amides is 1. The van der Waals surface area contributed by atoms with Crippen molar-refractivity contribution in [2.24, 2.45) is 5.73 Å². The van der Waals surface area contributed by atoms with Crippen LogP contribution in [0, 0.1) is 0 Å². The quantitative estimate of drug-likeness (QED) is 0.728. The molecule has 1 aromatic carbocycles. The van der Waals surface area contributed by atoms with Crippen LogP contribution in [0.1, 0.15) is 30.1 Å². The molecule has 0 aromatic heterocycles. The summed E-state index contributed by atoms with van der Waals surface area (Å²) in [6.45, 7) is 3.08. The van der Waals surface area contributed by atoms with E-state index < -0.39 is 5.91 Å². The molecule has 2 rings (SSSR count). The highest BCUT2D eigenvalue weighted by molar-refractivity contribution is 8.00. The fourth-order valence-electron chi connectivity index (χ4n) is 2.18. The summed E-state index contributed by atoms with van der Waals surface area (Å²) >= 11 is 1.98. The minimum atomic E-state index is -0.450. The SMILES string of the molecule is CC1(CNc2ccc(N)cc2C(N)=O)CCCS1. The van der Waals surface area contributed by atoms with Crippen molar-refractivity contribution in [2.75, 3.05) is 23.3 Å². The van der Waals surface area contributed by atoms with Crippen molar-refractivity contribution in [3.8, 4) is 0 Å². The van der Waals surface area contributed by atoms with E-state index in [0.29, 0.717) is 11.3 Å². The Morgan fingerprint density at radius 3 is 2.94 bits per heavy atom. The predicted molar refractivity (Wildman–Crippen MR) is 78.0 cm³/mol. The van der Waals surface area contributed by atoms with Gasteiger partial charge in [-0.15, -0.1) is 0 Å². The molecule has 1 amide bonds. The van der Waals surface area contributed by atoms with Gasteiger partial charge in [0.05, 0.1) is 5.56 Å². The third kappa shape index (κ3) is 2.90. The molecule has 1 aliphatic heterocycles. The number of hydrogen-bond acceptors (Lipinski definition) is 4. The molecule has 1 aliphatic rings. The van der Waals surface area contributed by atoms with Crippen LogP contribution in [0.3, 0.4) is 0 Å². The van der Waals surface area contributed by atoms with E-state index >= 15 is 0 Å². The molecular formula is C13H19N3OS. The first-order valence-corrected chi connectivity index (χ1v) is 7.06. The van der Waals surface area contributed by atoms with Gasteiger partial charge >= 0.3 is 0 Å². The lowest BCUT2D eigenvalue weighted by molar-refractivity contribution is 0.100. The zero-order chi connectivity index (χ0) is 13.2. The Labute approximate surface area is 111 Å². The molecule has 5 N–H and O–H groups in total. The first-order valence-electron chi connectivity index (χ1n) is 6.07. The zero-order valence-corrected chi connectivity index (χ0v) is 11.3. The number of thioether (sulfide) groups is 1. The number of nitrogens with one attached hydrogen (secondary N) is 1. The Morgan fingerprint density at radius 1 is 1.56 bits per heavy atom. The van der Waals surface area contributed by atoms with Crippen LogP contribution in [-0.4, -0.2) is 23.0 Å². The Kier molecular flexibility index (Phi) is 3.71.